The van der Waals surface area contributed by atoms with Crippen molar-refractivity contribution in [2.24, 2.45) is 5.92 Å². The summed E-state index contributed by atoms with van der Waals surface area (Å²) >= 11 is 0. The van der Waals surface area contributed by atoms with Crippen molar-refractivity contribution in [1.82, 2.24) is 0 Å². The number of allylic oxidation sites excluding steroid dienone is 1. The van der Waals surface area contributed by atoms with Crippen LogP contribution in [0.3, 0.4) is 0 Å². The molecular formula is C10H14O2. The summed E-state index contributed by atoms with van der Waals surface area (Å²) in [6.45, 7) is 0. The zero-order chi connectivity index (χ0) is 8.39. The smallest absolute Gasteiger partial charge is 0.306 e. The third kappa shape index (κ3) is 1.52. The number of hydrogen-bond donors (Lipinski definition) is 0. The van der Waals surface area contributed by atoms with Crippen molar-refractivity contribution in [2.45, 2.75) is 38.2 Å². The lowest BCUT2D eigenvalue weighted by molar-refractivity contribution is -0.140. The van der Waals surface area contributed by atoms with Crippen LogP contribution in [0.1, 0.15) is 32.1 Å². The summed E-state index contributed by atoms with van der Waals surface area (Å²) in [4.78, 5) is 11.0. The molecule has 0 N–H and O–H groups in total. The Labute approximate surface area is 72.6 Å². The second kappa shape index (κ2) is 3.30. The van der Waals surface area contributed by atoms with Crippen molar-refractivity contribution < 1.29 is 9.53 Å². The number of carbonyl (C=O) groups excluding carboxylic acids is 1. The fourth-order valence-electron chi connectivity index (χ4n) is 1.99. The molecule has 2 heteroatoms. The van der Waals surface area contributed by atoms with Crippen molar-refractivity contribution in [3.63, 3.8) is 0 Å². The average Bonchev–Trinajstić information content (AvgIpc) is 2.32. The summed E-state index contributed by atoms with van der Waals surface area (Å²) < 4.78 is 5.18. The molecule has 1 fully saturated rings. The molecule has 0 aromatic heterocycles. The second-order valence-corrected chi connectivity index (χ2v) is 3.63. The van der Waals surface area contributed by atoms with Gasteiger partial charge in [-0.15, -0.1) is 0 Å². The SMILES string of the molecule is O=C1CC2CCCCC=CC2O1. The summed E-state index contributed by atoms with van der Waals surface area (Å²) in [6, 6.07) is 0. The van der Waals surface area contributed by atoms with Crippen LogP contribution >= 0.6 is 0 Å². The van der Waals surface area contributed by atoms with E-state index in [0.29, 0.717) is 12.3 Å². The van der Waals surface area contributed by atoms with Gasteiger partial charge in [0.1, 0.15) is 6.10 Å². The van der Waals surface area contributed by atoms with Crippen LogP contribution in [0.4, 0.5) is 0 Å². The van der Waals surface area contributed by atoms with E-state index in [2.05, 4.69) is 12.2 Å². The van der Waals surface area contributed by atoms with Crippen molar-refractivity contribution in [2.75, 3.05) is 0 Å². The Kier molecular flexibility index (Phi) is 2.15. The van der Waals surface area contributed by atoms with E-state index in [1.54, 1.807) is 0 Å². The second-order valence-electron chi connectivity index (χ2n) is 3.63. The summed E-state index contributed by atoms with van der Waals surface area (Å²) in [6.07, 6.45) is 9.73. The fourth-order valence-corrected chi connectivity index (χ4v) is 1.99. The van der Waals surface area contributed by atoms with E-state index in [-0.39, 0.29) is 12.1 Å². The summed E-state index contributed by atoms with van der Waals surface area (Å²) in [5, 5.41) is 0. The van der Waals surface area contributed by atoms with Crippen LogP contribution in [0.15, 0.2) is 12.2 Å². The lowest BCUT2D eigenvalue weighted by Crippen LogP contribution is -2.13. The van der Waals surface area contributed by atoms with Crippen LogP contribution in [0, 0.1) is 5.92 Å². The highest BCUT2D eigenvalue weighted by Gasteiger charge is 2.32. The van der Waals surface area contributed by atoms with Crippen LogP contribution < -0.4 is 0 Å². The molecule has 0 aromatic rings. The topological polar surface area (TPSA) is 26.3 Å². The maximum Gasteiger partial charge on any atom is 0.306 e. The van der Waals surface area contributed by atoms with Crippen molar-refractivity contribution in [1.29, 1.82) is 0 Å². The van der Waals surface area contributed by atoms with Crippen LogP contribution in [0.2, 0.25) is 0 Å². The predicted octanol–water partition coefficient (Wildman–Crippen LogP) is 2.05. The molecule has 0 radical (unpaired) electrons. The van der Waals surface area contributed by atoms with E-state index >= 15 is 0 Å². The summed E-state index contributed by atoms with van der Waals surface area (Å²) in [5.41, 5.74) is 0. The molecule has 2 nitrogen and oxygen atoms in total. The van der Waals surface area contributed by atoms with E-state index in [1.807, 2.05) is 0 Å². The van der Waals surface area contributed by atoms with Crippen molar-refractivity contribution >= 4 is 5.97 Å². The van der Waals surface area contributed by atoms with E-state index in [0.717, 1.165) is 12.8 Å². The van der Waals surface area contributed by atoms with Crippen molar-refractivity contribution in [3.8, 4) is 0 Å². The quantitative estimate of drug-likeness (QED) is 0.406. The van der Waals surface area contributed by atoms with Gasteiger partial charge in [0.25, 0.3) is 0 Å². The molecule has 0 saturated carbocycles. The molecule has 2 atom stereocenters. The zero-order valence-corrected chi connectivity index (χ0v) is 7.16. The molecule has 1 aliphatic carbocycles. The van der Waals surface area contributed by atoms with E-state index < -0.39 is 0 Å². The van der Waals surface area contributed by atoms with E-state index in [4.69, 9.17) is 4.74 Å². The molecule has 1 aliphatic heterocycles. The molecule has 2 rings (SSSR count). The van der Waals surface area contributed by atoms with Gasteiger partial charge in [0.2, 0.25) is 0 Å². The first-order valence-corrected chi connectivity index (χ1v) is 4.72. The minimum atomic E-state index is -0.0171. The molecule has 66 valence electrons. The largest absolute Gasteiger partial charge is 0.458 e. The highest BCUT2D eigenvalue weighted by Crippen LogP contribution is 2.29. The van der Waals surface area contributed by atoms with Gasteiger partial charge in [-0.3, -0.25) is 4.79 Å². The minimum Gasteiger partial charge on any atom is -0.458 e. The molecule has 0 aromatic carbocycles. The molecule has 0 spiro atoms. The highest BCUT2D eigenvalue weighted by molar-refractivity contribution is 5.72. The van der Waals surface area contributed by atoms with Gasteiger partial charge in [-0.25, -0.2) is 0 Å². The van der Waals surface area contributed by atoms with Gasteiger partial charge in [-0.05, 0) is 25.3 Å². The van der Waals surface area contributed by atoms with Gasteiger partial charge < -0.3 is 4.74 Å². The fraction of sp³-hybridized carbons (Fsp3) is 0.700. The Hall–Kier alpha value is -0.790. The summed E-state index contributed by atoms with van der Waals surface area (Å²) in [7, 11) is 0. The van der Waals surface area contributed by atoms with Gasteiger partial charge in [0.15, 0.2) is 0 Å². The maximum atomic E-state index is 11.0. The van der Waals surface area contributed by atoms with E-state index in [1.165, 1.54) is 12.8 Å². The molecule has 2 unspecified atom stereocenters. The Bertz CT molecular complexity index is 208. The lowest BCUT2D eigenvalue weighted by Gasteiger charge is -2.15. The van der Waals surface area contributed by atoms with Gasteiger partial charge in [-0.2, -0.15) is 0 Å². The number of esters is 1. The average molecular weight is 166 g/mol. The first-order valence-electron chi connectivity index (χ1n) is 4.72. The molecular weight excluding hydrogens is 152 g/mol. The predicted molar refractivity (Wildman–Crippen MR) is 45.6 cm³/mol. The molecule has 0 bridgehead atoms. The van der Waals surface area contributed by atoms with Gasteiger partial charge >= 0.3 is 5.97 Å². The number of fused-ring (bicyclic) bond motifs is 1. The minimum absolute atomic E-state index is 0.0171. The molecule has 1 saturated heterocycles. The number of carbonyl (C=O) groups is 1. The normalized spacial score (nSPS) is 35.2. The van der Waals surface area contributed by atoms with Gasteiger partial charge in [-0.1, -0.05) is 12.5 Å². The number of rotatable bonds is 0. The molecule has 12 heavy (non-hydrogen) atoms. The van der Waals surface area contributed by atoms with Crippen LogP contribution in [0.5, 0.6) is 0 Å². The van der Waals surface area contributed by atoms with Crippen molar-refractivity contribution in [3.05, 3.63) is 12.2 Å². The monoisotopic (exact) mass is 166 g/mol. The standard InChI is InChI=1S/C10H14O2/c11-10-7-8-5-3-1-2-4-6-9(8)12-10/h4,6,8-9H,1-3,5,7H2. The van der Waals surface area contributed by atoms with Gasteiger partial charge in [0, 0.05) is 5.92 Å². The molecule has 0 amide bonds. The number of hydrogen-bond acceptors (Lipinski definition) is 2. The number of ether oxygens (including phenoxy) is 1. The Morgan fingerprint density at radius 2 is 2.33 bits per heavy atom. The third-order valence-corrected chi connectivity index (χ3v) is 2.68. The van der Waals surface area contributed by atoms with Crippen LogP contribution in [-0.2, 0) is 9.53 Å². The lowest BCUT2D eigenvalue weighted by atomic mass is 9.92. The third-order valence-electron chi connectivity index (χ3n) is 2.68. The van der Waals surface area contributed by atoms with Crippen LogP contribution in [-0.4, -0.2) is 12.1 Å². The van der Waals surface area contributed by atoms with Gasteiger partial charge in [0.05, 0.1) is 6.42 Å². The molecule has 2 aliphatic rings. The molecule has 1 heterocycles. The Morgan fingerprint density at radius 1 is 1.42 bits per heavy atom. The Morgan fingerprint density at radius 3 is 3.25 bits per heavy atom. The van der Waals surface area contributed by atoms with Crippen LogP contribution in [0.25, 0.3) is 0 Å². The summed E-state index contributed by atoms with van der Waals surface area (Å²) in [5.74, 6) is 0.450. The Balaban J connectivity index is 2.07. The highest BCUT2D eigenvalue weighted by atomic mass is 16.5. The first-order chi connectivity index (χ1) is 5.86. The van der Waals surface area contributed by atoms with E-state index in [9.17, 15) is 4.79 Å². The first kappa shape index (κ1) is 7.84. The zero-order valence-electron chi connectivity index (χ0n) is 7.16. The maximum absolute atomic E-state index is 11.0.